The van der Waals surface area contributed by atoms with Crippen molar-refractivity contribution in [1.82, 2.24) is 0 Å². The van der Waals surface area contributed by atoms with Gasteiger partial charge in [-0.2, -0.15) is 8.42 Å². The van der Waals surface area contributed by atoms with Crippen molar-refractivity contribution in [2.45, 2.75) is 78.6 Å². The fraction of sp³-hybridized carbons (Fsp3) is 1.00. The molecular formula is C15H33O3S2+. The summed E-state index contributed by atoms with van der Waals surface area (Å²) < 4.78 is 28.9. The average molecular weight is 326 g/mol. The summed E-state index contributed by atoms with van der Waals surface area (Å²) >= 11 is -0.390. The lowest BCUT2D eigenvalue weighted by molar-refractivity contribution is 0.509. The Kier molecular flexibility index (Phi) is 13.1. The fourth-order valence-electron chi connectivity index (χ4n) is 1.95. The topological polar surface area (TPSA) is 43.4 Å². The Hall–Kier alpha value is 0.260. The van der Waals surface area contributed by atoms with E-state index in [4.69, 9.17) is 3.63 Å². The molecule has 0 bridgehead atoms. The first kappa shape index (κ1) is 20.3. The van der Waals surface area contributed by atoms with Gasteiger partial charge < -0.3 is 0 Å². The Bertz CT molecular complexity index is 302. The van der Waals surface area contributed by atoms with Crippen LogP contribution in [0.1, 0.15) is 78.6 Å². The van der Waals surface area contributed by atoms with Crippen molar-refractivity contribution >= 4 is 21.3 Å². The third-order valence-electron chi connectivity index (χ3n) is 3.11. The molecule has 1 unspecified atom stereocenters. The summed E-state index contributed by atoms with van der Waals surface area (Å²) in [6.45, 7) is 6.22. The molecule has 0 heterocycles. The molecule has 0 saturated heterocycles. The van der Waals surface area contributed by atoms with Crippen molar-refractivity contribution < 1.29 is 12.0 Å². The van der Waals surface area contributed by atoms with Gasteiger partial charge in [-0.25, -0.2) is 0 Å². The highest BCUT2D eigenvalue weighted by molar-refractivity contribution is 8.02. The highest BCUT2D eigenvalue weighted by Gasteiger charge is 2.27. The fourth-order valence-corrected chi connectivity index (χ4v) is 5.78. The van der Waals surface area contributed by atoms with E-state index in [1.54, 1.807) is 0 Å². The van der Waals surface area contributed by atoms with Gasteiger partial charge in [0.2, 0.25) is 0 Å². The van der Waals surface area contributed by atoms with Crippen molar-refractivity contribution in [2.75, 3.05) is 17.3 Å². The van der Waals surface area contributed by atoms with Crippen LogP contribution in [-0.2, 0) is 24.9 Å². The van der Waals surface area contributed by atoms with Gasteiger partial charge in [0.15, 0.2) is 11.2 Å². The molecule has 3 nitrogen and oxygen atoms in total. The van der Waals surface area contributed by atoms with Crippen LogP contribution in [0.15, 0.2) is 0 Å². The zero-order chi connectivity index (χ0) is 15.3. The Labute approximate surface area is 129 Å². The van der Waals surface area contributed by atoms with E-state index in [1.165, 1.54) is 32.1 Å². The van der Waals surface area contributed by atoms with Crippen molar-refractivity contribution in [1.29, 1.82) is 0 Å². The second kappa shape index (κ2) is 13.0. The van der Waals surface area contributed by atoms with E-state index in [9.17, 15) is 8.42 Å². The molecule has 0 amide bonds. The molecule has 0 aliphatic heterocycles. The Morgan fingerprint density at radius 1 is 0.750 bits per heavy atom. The molecule has 0 aromatic carbocycles. The van der Waals surface area contributed by atoms with Gasteiger partial charge in [0.25, 0.3) is 0 Å². The largest absolute Gasteiger partial charge is 0.311 e. The van der Waals surface area contributed by atoms with Gasteiger partial charge in [0, 0.05) is 0 Å². The highest BCUT2D eigenvalue weighted by atomic mass is 32.3. The molecule has 0 saturated carbocycles. The van der Waals surface area contributed by atoms with Gasteiger partial charge in [-0.05, 0) is 29.3 Å². The molecule has 0 radical (unpaired) electrons. The van der Waals surface area contributed by atoms with Gasteiger partial charge in [-0.1, -0.05) is 52.9 Å². The predicted molar refractivity (Wildman–Crippen MR) is 90.5 cm³/mol. The Balaban J connectivity index is 4.02. The summed E-state index contributed by atoms with van der Waals surface area (Å²) in [5, 5.41) is 0. The first-order chi connectivity index (χ1) is 9.55. The van der Waals surface area contributed by atoms with Gasteiger partial charge >= 0.3 is 10.1 Å². The quantitative estimate of drug-likeness (QED) is 0.350. The number of rotatable bonds is 14. The molecule has 0 aliphatic carbocycles. The standard InChI is InChI=1S/C15H33O3S2/c1-4-7-9-10-11-12-14-19(13-8-5-2)18-20(16,17)15-6-3/h4-15H2,1-3H3/q+1. The lowest BCUT2D eigenvalue weighted by atomic mass is 10.1. The molecule has 0 fully saturated rings. The van der Waals surface area contributed by atoms with E-state index in [0.717, 1.165) is 30.8 Å². The molecule has 0 aromatic heterocycles. The molecule has 0 aliphatic rings. The zero-order valence-corrected chi connectivity index (χ0v) is 15.2. The second-order valence-electron chi connectivity index (χ2n) is 5.30. The highest BCUT2D eigenvalue weighted by Crippen LogP contribution is 2.14. The van der Waals surface area contributed by atoms with Crippen LogP contribution >= 0.6 is 0 Å². The maximum atomic E-state index is 11.8. The molecule has 1 atom stereocenters. The molecular weight excluding hydrogens is 292 g/mol. The van der Waals surface area contributed by atoms with E-state index in [1.807, 2.05) is 6.92 Å². The third-order valence-corrected chi connectivity index (χ3v) is 7.10. The smallest absolute Gasteiger partial charge is 0.195 e. The minimum Gasteiger partial charge on any atom is -0.195 e. The van der Waals surface area contributed by atoms with E-state index in [2.05, 4.69) is 13.8 Å². The van der Waals surface area contributed by atoms with E-state index in [0.29, 0.717) is 6.42 Å². The summed E-state index contributed by atoms with van der Waals surface area (Å²) in [5.41, 5.74) is 0. The minimum atomic E-state index is -3.30. The first-order valence-corrected chi connectivity index (χ1v) is 11.2. The molecule has 122 valence electrons. The first-order valence-electron chi connectivity index (χ1n) is 8.15. The lowest BCUT2D eigenvalue weighted by Gasteiger charge is -2.07. The Morgan fingerprint density at radius 2 is 1.30 bits per heavy atom. The summed E-state index contributed by atoms with van der Waals surface area (Å²) in [6.07, 6.45) is 10.2. The van der Waals surface area contributed by atoms with Crippen LogP contribution in [0.5, 0.6) is 0 Å². The minimum absolute atomic E-state index is 0.152. The van der Waals surface area contributed by atoms with Crippen LogP contribution in [-0.4, -0.2) is 25.7 Å². The average Bonchev–Trinajstić information content (AvgIpc) is 2.39. The van der Waals surface area contributed by atoms with Crippen molar-refractivity contribution in [3.8, 4) is 0 Å². The van der Waals surface area contributed by atoms with Crippen LogP contribution in [0.4, 0.5) is 0 Å². The molecule has 0 spiro atoms. The summed E-state index contributed by atoms with van der Waals surface area (Å²) in [7, 11) is -3.30. The van der Waals surface area contributed by atoms with E-state index in [-0.39, 0.29) is 5.75 Å². The number of unbranched alkanes of at least 4 members (excludes halogenated alkanes) is 6. The van der Waals surface area contributed by atoms with Gasteiger partial charge in [0.1, 0.15) is 11.5 Å². The van der Waals surface area contributed by atoms with Crippen LogP contribution < -0.4 is 0 Å². The maximum absolute atomic E-state index is 11.8. The zero-order valence-electron chi connectivity index (χ0n) is 13.5. The summed E-state index contributed by atoms with van der Waals surface area (Å²) in [5.74, 6) is 1.96. The van der Waals surface area contributed by atoms with Crippen molar-refractivity contribution in [3.63, 3.8) is 0 Å². The lowest BCUT2D eigenvalue weighted by Crippen LogP contribution is -2.22. The normalized spacial score (nSPS) is 13.6. The predicted octanol–water partition coefficient (Wildman–Crippen LogP) is 4.44. The van der Waals surface area contributed by atoms with E-state index >= 15 is 0 Å². The number of hydrogen-bond donors (Lipinski definition) is 0. The van der Waals surface area contributed by atoms with Crippen molar-refractivity contribution in [2.24, 2.45) is 0 Å². The molecule has 5 heteroatoms. The van der Waals surface area contributed by atoms with Crippen LogP contribution in [0, 0.1) is 0 Å². The molecule has 0 aromatic rings. The van der Waals surface area contributed by atoms with Crippen LogP contribution in [0.3, 0.4) is 0 Å². The monoisotopic (exact) mass is 325 g/mol. The number of hydrogen-bond acceptors (Lipinski definition) is 3. The molecule has 0 N–H and O–H groups in total. The van der Waals surface area contributed by atoms with Gasteiger partial charge in [-0.3, -0.25) is 0 Å². The molecule has 20 heavy (non-hydrogen) atoms. The second-order valence-corrected chi connectivity index (χ2v) is 9.06. The summed E-state index contributed by atoms with van der Waals surface area (Å²) in [4.78, 5) is 0. The third kappa shape index (κ3) is 12.0. The Morgan fingerprint density at radius 3 is 1.90 bits per heavy atom. The van der Waals surface area contributed by atoms with Gasteiger partial charge in [0.05, 0.1) is 5.75 Å². The molecule has 0 rings (SSSR count). The van der Waals surface area contributed by atoms with Crippen LogP contribution in [0.25, 0.3) is 0 Å². The van der Waals surface area contributed by atoms with E-state index < -0.39 is 21.3 Å². The maximum Gasteiger partial charge on any atom is 0.311 e. The SMILES string of the molecule is CCCCCCCC[S+](CCCC)OS(=O)(=O)CCC. The van der Waals surface area contributed by atoms with Gasteiger partial charge in [-0.15, -0.1) is 0 Å². The summed E-state index contributed by atoms with van der Waals surface area (Å²) in [6, 6.07) is 0. The van der Waals surface area contributed by atoms with Crippen molar-refractivity contribution in [3.05, 3.63) is 0 Å². The van der Waals surface area contributed by atoms with Crippen LogP contribution in [0.2, 0.25) is 0 Å².